The predicted molar refractivity (Wildman–Crippen MR) is 92.6 cm³/mol. The molecule has 0 aliphatic heterocycles. The lowest BCUT2D eigenvalue weighted by Gasteiger charge is -2.35. The van der Waals surface area contributed by atoms with Gasteiger partial charge in [-0.15, -0.1) is 0 Å². The number of hydrogen-bond donors (Lipinski definition) is 1. The molecule has 0 amide bonds. The maximum absolute atomic E-state index is 3.85. The van der Waals surface area contributed by atoms with E-state index in [0.717, 1.165) is 5.92 Å². The smallest absolute Gasteiger partial charge is 0.0100 e. The van der Waals surface area contributed by atoms with Crippen LogP contribution in [0.4, 0.5) is 0 Å². The van der Waals surface area contributed by atoms with E-state index in [0.29, 0.717) is 11.5 Å². The van der Waals surface area contributed by atoms with Gasteiger partial charge in [-0.2, -0.15) is 0 Å². The summed E-state index contributed by atoms with van der Waals surface area (Å²) in [6.07, 6.45) is 9.32. The summed E-state index contributed by atoms with van der Waals surface area (Å²) in [6, 6.07) is 11.6. The lowest BCUT2D eigenvalue weighted by atomic mass is 9.76. The second-order valence-electron chi connectivity index (χ2n) is 7.43. The Bertz CT molecular complexity index is 396. The molecule has 2 unspecified atom stereocenters. The molecule has 1 saturated carbocycles. The Labute approximate surface area is 131 Å². The van der Waals surface area contributed by atoms with Crippen LogP contribution in [0.25, 0.3) is 0 Å². The largest absolute Gasteiger partial charge is 0.314 e. The number of hydrogen-bond acceptors (Lipinski definition) is 1. The van der Waals surface area contributed by atoms with Crippen LogP contribution in [0.2, 0.25) is 0 Å². The maximum Gasteiger partial charge on any atom is 0.0100 e. The molecule has 0 spiro atoms. The fraction of sp³-hybridized carbons (Fsp3) is 0.700. The third kappa shape index (κ3) is 4.85. The van der Waals surface area contributed by atoms with Crippen molar-refractivity contribution in [2.24, 2.45) is 11.3 Å². The summed E-state index contributed by atoms with van der Waals surface area (Å²) in [5, 5.41) is 3.85. The highest BCUT2D eigenvalue weighted by Crippen LogP contribution is 2.45. The minimum Gasteiger partial charge on any atom is -0.314 e. The molecule has 1 aromatic rings. The van der Waals surface area contributed by atoms with E-state index in [1.807, 2.05) is 0 Å². The first-order chi connectivity index (χ1) is 10.1. The summed E-state index contributed by atoms with van der Waals surface area (Å²) in [4.78, 5) is 0. The van der Waals surface area contributed by atoms with Gasteiger partial charge < -0.3 is 5.32 Å². The lowest BCUT2D eigenvalue weighted by molar-refractivity contribution is 0.188. The first-order valence-electron chi connectivity index (χ1n) is 8.91. The molecular formula is C20H33N. The minimum absolute atomic E-state index is 0.526. The summed E-state index contributed by atoms with van der Waals surface area (Å²) in [6.45, 7) is 8.39. The van der Waals surface area contributed by atoms with Crippen molar-refractivity contribution in [1.82, 2.24) is 5.32 Å². The van der Waals surface area contributed by atoms with E-state index >= 15 is 0 Å². The topological polar surface area (TPSA) is 12.0 Å². The predicted octanol–water partition coefficient (Wildman–Crippen LogP) is 5.20. The molecule has 1 N–H and O–H groups in total. The number of aryl methyl sites for hydroxylation is 1. The van der Waals surface area contributed by atoms with Gasteiger partial charge in [-0.1, -0.05) is 57.5 Å². The van der Waals surface area contributed by atoms with E-state index in [1.165, 1.54) is 57.1 Å². The van der Waals surface area contributed by atoms with Crippen LogP contribution >= 0.6 is 0 Å². The van der Waals surface area contributed by atoms with Gasteiger partial charge in [0.25, 0.3) is 0 Å². The van der Waals surface area contributed by atoms with Crippen LogP contribution in [-0.4, -0.2) is 12.6 Å². The lowest BCUT2D eigenvalue weighted by Crippen LogP contribution is -2.41. The van der Waals surface area contributed by atoms with Gasteiger partial charge in [0, 0.05) is 6.04 Å². The zero-order valence-electron chi connectivity index (χ0n) is 14.2. The standard InChI is InChI=1S/C20H33N/c1-4-16-21-19(18-13-9-15-20(18,2)3)14-8-12-17-10-6-5-7-11-17/h5-7,10-11,18-19,21H,4,8-9,12-16H2,1-3H3. The number of nitrogens with one attached hydrogen (secondary N) is 1. The van der Waals surface area contributed by atoms with E-state index in [9.17, 15) is 0 Å². The Balaban J connectivity index is 1.87. The molecule has 2 atom stereocenters. The SMILES string of the molecule is CCCNC(CCCc1ccccc1)C1CCCC1(C)C. The highest BCUT2D eigenvalue weighted by molar-refractivity contribution is 5.14. The van der Waals surface area contributed by atoms with E-state index in [4.69, 9.17) is 0 Å². The van der Waals surface area contributed by atoms with Crippen molar-refractivity contribution in [1.29, 1.82) is 0 Å². The van der Waals surface area contributed by atoms with Crippen LogP contribution < -0.4 is 5.32 Å². The Morgan fingerprint density at radius 2 is 2.00 bits per heavy atom. The van der Waals surface area contributed by atoms with Crippen molar-refractivity contribution in [3.63, 3.8) is 0 Å². The summed E-state index contributed by atoms with van der Waals surface area (Å²) in [5.41, 5.74) is 2.01. The van der Waals surface area contributed by atoms with Crippen molar-refractivity contribution >= 4 is 0 Å². The Kier molecular flexibility index (Phi) is 6.29. The highest BCUT2D eigenvalue weighted by atomic mass is 14.9. The van der Waals surface area contributed by atoms with Crippen molar-refractivity contribution in [3.05, 3.63) is 35.9 Å². The molecule has 2 rings (SSSR count). The summed E-state index contributed by atoms with van der Waals surface area (Å²) in [7, 11) is 0. The highest BCUT2D eigenvalue weighted by Gasteiger charge is 2.38. The molecule has 0 aromatic heterocycles. The maximum atomic E-state index is 3.85. The molecular weight excluding hydrogens is 254 g/mol. The molecule has 0 radical (unpaired) electrons. The van der Waals surface area contributed by atoms with Crippen molar-refractivity contribution in [3.8, 4) is 0 Å². The molecule has 1 fully saturated rings. The summed E-state index contributed by atoms with van der Waals surface area (Å²) in [5.74, 6) is 0.861. The molecule has 1 aliphatic carbocycles. The van der Waals surface area contributed by atoms with E-state index in [1.54, 1.807) is 0 Å². The van der Waals surface area contributed by atoms with Gasteiger partial charge in [-0.05, 0) is 62.0 Å². The van der Waals surface area contributed by atoms with Crippen LogP contribution in [0.15, 0.2) is 30.3 Å². The Hall–Kier alpha value is -0.820. The van der Waals surface area contributed by atoms with Crippen molar-refractivity contribution in [2.45, 2.75) is 71.8 Å². The molecule has 0 saturated heterocycles. The monoisotopic (exact) mass is 287 g/mol. The van der Waals surface area contributed by atoms with Gasteiger partial charge in [0.05, 0.1) is 0 Å². The second kappa shape index (κ2) is 7.98. The van der Waals surface area contributed by atoms with Crippen molar-refractivity contribution in [2.75, 3.05) is 6.54 Å². The molecule has 21 heavy (non-hydrogen) atoms. The molecule has 0 heterocycles. The van der Waals surface area contributed by atoms with Crippen LogP contribution in [0.3, 0.4) is 0 Å². The second-order valence-corrected chi connectivity index (χ2v) is 7.43. The van der Waals surface area contributed by atoms with Crippen molar-refractivity contribution < 1.29 is 0 Å². The Morgan fingerprint density at radius 1 is 1.24 bits per heavy atom. The van der Waals surface area contributed by atoms with Crippen LogP contribution in [0.1, 0.15) is 64.9 Å². The first kappa shape index (κ1) is 16.5. The Morgan fingerprint density at radius 3 is 2.62 bits per heavy atom. The number of rotatable bonds is 8. The average Bonchev–Trinajstić information content (AvgIpc) is 2.83. The van der Waals surface area contributed by atoms with Gasteiger partial charge in [-0.3, -0.25) is 0 Å². The normalized spacial score (nSPS) is 22.3. The van der Waals surface area contributed by atoms with Crippen LogP contribution in [0.5, 0.6) is 0 Å². The molecule has 118 valence electrons. The van der Waals surface area contributed by atoms with Gasteiger partial charge in [0.2, 0.25) is 0 Å². The van der Waals surface area contributed by atoms with Gasteiger partial charge in [-0.25, -0.2) is 0 Å². The van der Waals surface area contributed by atoms with E-state index < -0.39 is 0 Å². The third-order valence-corrected chi connectivity index (χ3v) is 5.31. The summed E-state index contributed by atoms with van der Waals surface area (Å²) >= 11 is 0. The van der Waals surface area contributed by atoms with Gasteiger partial charge >= 0.3 is 0 Å². The fourth-order valence-electron chi connectivity index (χ4n) is 4.05. The molecule has 0 bridgehead atoms. The molecule has 1 aromatic carbocycles. The minimum atomic E-state index is 0.526. The zero-order valence-corrected chi connectivity index (χ0v) is 14.2. The molecule has 1 nitrogen and oxygen atoms in total. The number of benzene rings is 1. The first-order valence-corrected chi connectivity index (χ1v) is 8.91. The molecule has 1 aliphatic rings. The van der Waals surface area contributed by atoms with Gasteiger partial charge in [0.1, 0.15) is 0 Å². The van der Waals surface area contributed by atoms with Gasteiger partial charge in [0.15, 0.2) is 0 Å². The third-order valence-electron chi connectivity index (χ3n) is 5.31. The average molecular weight is 287 g/mol. The summed E-state index contributed by atoms with van der Waals surface area (Å²) < 4.78 is 0. The zero-order chi connectivity index (χ0) is 15.1. The van der Waals surface area contributed by atoms with E-state index in [2.05, 4.69) is 56.4 Å². The molecule has 1 heteroatoms. The fourth-order valence-corrected chi connectivity index (χ4v) is 4.05. The quantitative estimate of drug-likeness (QED) is 0.692. The van der Waals surface area contributed by atoms with Crippen LogP contribution in [0, 0.1) is 11.3 Å². The van der Waals surface area contributed by atoms with E-state index in [-0.39, 0.29) is 0 Å². The van der Waals surface area contributed by atoms with Crippen LogP contribution in [-0.2, 0) is 6.42 Å².